The zero-order chi connectivity index (χ0) is 12.0. The van der Waals surface area contributed by atoms with Crippen molar-refractivity contribution in [1.29, 1.82) is 0 Å². The molecule has 5 nitrogen and oxygen atoms in total. The minimum absolute atomic E-state index is 0.408. The summed E-state index contributed by atoms with van der Waals surface area (Å²) in [6.45, 7) is 2.37. The van der Waals surface area contributed by atoms with Crippen molar-refractivity contribution in [3.8, 4) is 0 Å². The second-order valence-corrected chi connectivity index (χ2v) is 4.13. The van der Waals surface area contributed by atoms with Gasteiger partial charge in [-0.3, -0.25) is 4.79 Å². The van der Waals surface area contributed by atoms with Crippen LogP contribution in [-0.4, -0.2) is 28.5 Å². The second-order valence-electron chi connectivity index (χ2n) is 3.07. The molecule has 0 spiro atoms. The molecule has 1 amide bonds. The number of amides is 1. The molecule has 0 saturated heterocycles. The minimum atomic E-state index is -1.13. The Hall–Kier alpha value is -1.69. The molecule has 1 rings (SSSR count). The molecule has 0 radical (unpaired) electrons. The summed E-state index contributed by atoms with van der Waals surface area (Å²) in [6, 6.07) is 0. The molecule has 0 aliphatic rings. The molecule has 2 N–H and O–H groups in total. The summed E-state index contributed by atoms with van der Waals surface area (Å²) >= 11 is 1.56. The van der Waals surface area contributed by atoms with Gasteiger partial charge in [0.05, 0.1) is 10.7 Å². The SMILES string of the molecule is Cc1nc(CCNC(=O)/C=C/C(=O)O)cs1. The zero-order valence-corrected chi connectivity index (χ0v) is 9.58. The molecule has 1 heterocycles. The van der Waals surface area contributed by atoms with Crippen molar-refractivity contribution in [2.45, 2.75) is 13.3 Å². The minimum Gasteiger partial charge on any atom is -0.478 e. The van der Waals surface area contributed by atoms with Crippen molar-refractivity contribution in [1.82, 2.24) is 10.3 Å². The van der Waals surface area contributed by atoms with E-state index >= 15 is 0 Å². The van der Waals surface area contributed by atoms with E-state index in [4.69, 9.17) is 5.11 Å². The summed E-state index contributed by atoms with van der Waals surface area (Å²) in [7, 11) is 0. The van der Waals surface area contributed by atoms with Crippen LogP contribution < -0.4 is 5.32 Å². The number of carboxylic acids is 1. The van der Waals surface area contributed by atoms with E-state index < -0.39 is 11.9 Å². The van der Waals surface area contributed by atoms with Gasteiger partial charge < -0.3 is 10.4 Å². The van der Waals surface area contributed by atoms with Gasteiger partial charge in [-0.25, -0.2) is 9.78 Å². The molecule has 0 saturated carbocycles. The van der Waals surface area contributed by atoms with Gasteiger partial charge in [-0.1, -0.05) is 0 Å². The van der Waals surface area contributed by atoms with Gasteiger partial charge in [0.1, 0.15) is 0 Å². The average molecular weight is 240 g/mol. The molecule has 86 valence electrons. The number of carboxylic acid groups (broad SMARTS) is 1. The molecule has 0 fully saturated rings. The summed E-state index contributed by atoms with van der Waals surface area (Å²) in [5, 5.41) is 13.8. The monoisotopic (exact) mass is 240 g/mol. The number of aromatic nitrogens is 1. The van der Waals surface area contributed by atoms with Crippen LogP contribution in [0.3, 0.4) is 0 Å². The highest BCUT2D eigenvalue weighted by Crippen LogP contribution is 2.07. The van der Waals surface area contributed by atoms with E-state index in [0.29, 0.717) is 13.0 Å². The van der Waals surface area contributed by atoms with E-state index in [-0.39, 0.29) is 0 Å². The van der Waals surface area contributed by atoms with Crippen LogP contribution in [0.15, 0.2) is 17.5 Å². The third kappa shape index (κ3) is 4.70. The highest BCUT2D eigenvalue weighted by atomic mass is 32.1. The van der Waals surface area contributed by atoms with Crippen LogP contribution in [-0.2, 0) is 16.0 Å². The maximum absolute atomic E-state index is 11.1. The number of aryl methyl sites for hydroxylation is 1. The number of aliphatic carboxylic acids is 1. The van der Waals surface area contributed by atoms with Crippen LogP contribution in [0.25, 0.3) is 0 Å². The van der Waals surface area contributed by atoms with E-state index in [2.05, 4.69) is 10.3 Å². The average Bonchev–Trinajstić information content (AvgIpc) is 2.61. The Balaban J connectivity index is 2.25. The molecule has 16 heavy (non-hydrogen) atoms. The number of carbonyl (C=O) groups is 2. The van der Waals surface area contributed by atoms with E-state index in [1.54, 1.807) is 11.3 Å². The number of hydrogen-bond donors (Lipinski definition) is 2. The van der Waals surface area contributed by atoms with Crippen molar-refractivity contribution in [2.24, 2.45) is 0 Å². The predicted molar refractivity (Wildman–Crippen MR) is 60.3 cm³/mol. The van der Waals surface area contributed by atoms with Gasteiger partial charge in [0.15, 0.2) is 0 Å². The standard InChI is InChI=1S/C10H12N2O3S/c1-7-12-8(6-16-7)4-5-11-9(13)2-3-10(14)15/h2-3,6H,4-5H2,1H3,(H,11,13)(H,14,15)/b3-2+. The second kappa shape index (κ2) is 6.02. The van der Waals surface area contributed by atoms with Crippen LogP contribution in [0, 0.1) is 6.92 Å². The highest BCUT2D eigenvalue weighted by molar-refractivity contribution is 7.09. The number of thiazole rings is 1. The molecule has 0 aliphatic heterocycles. The molecule has 1 aromatic rings. The van der Waals surface area contributed by atoms with Gasteiger partial charge in [0.2, 0.25) is 5.91 Å². The van der Waals surface area contributed by atoms with E-state index in [1.165, 1.54) is 0 Å². The quantitative estimate of drug-likeness (QED) is 0.744. The van der Waals surface area contributed by atoms with Crippen molar-refractivity contribution >= 4 is 23.2 Å². The predicted octanol–water partition coefficient (Wildman–Crippen LogP) is 0.751. The number of carbonyl (C=O) groups excluding carboxylic acids is 1. The molecule has 0 bridgehead atoms. The van der Waals surface area contributed by atoms with E-state index in [0.717, 1.165) is 22.9 Å². The summed E-state index contributed by atoms with van der Waals surface area (Å²) in [6.07, 6.45) is 2.45. The van der Waals surface area contributed by atoms with Crippen LogP contribution in [0.2, 0.25) is 0 Å². The van der Waals surface area contributed by atoms with Crippen LogP contribution in [0.4, 0.5) is 0 Å². The lowest BCUT2D eigenvalue weighted by atomic mass is 10.3. The van der Waals surface area contributed by atoms with Crippen molar-refractivity contribution in [2.75, 3.05) is 6.54 Å². The van der Waals surface area contributed by atoms with Crippen molar-refractivity contribution < 1.29 is 14.7 Å². The first-order chi connectivity index (χ1) is 7.58. The third-order valence-corrected chi connectivity index (χ3v) is 2.55. The van der Waals surface area contributed by atoms with E-state index in [1.807, 2.05) is 12.3 Å². The molecule has 1 aromatic heterocycles. The Bertz CT molecular complexity index is 412. The number of nitrogens with one attached hydrogen (secondary N) is 1. The maximum atomic E-state index is 11.1. The summed E-state index contributed by atoms with van der Waals surface area (Å²) in [5.41, 5.74) is 0.935. The van der Waals surface area contributed by atoms with Gasteiger partial charge in [-0.15, -0.1) is 11.3 Å². The highest BCUT2D eigenvalue weighted by Gasteiger charge is 2.00. The van der Waals surface area contributed by atoms with Gasteiger partial charge in [0, 0.05) is 30.5 Å². The van der Waals surface area contributed by atoms with Crippen LogP contribution in [0.1, 0.15) is 10.7 Å². The fourth-order valence-electron chi connectivity index (χ4n) is 1.04. The number of hydrogen-bond acceptors (Lipinski definition) is 4. The summed E-state index contributed by atoms with van der Waals surface area (Å²) in [4.78, 5) is 25.4. The number of nitrogens with zero attached hydrogens (tertiary/aromatic N) is 1. The fraction of sp³-hybridized carbons (Fsp3) is 0.300. The zero-order valence-electron chi connectivity index (χ0n) is 8.77. The number of rotatable bonds is 5. The summed E-state index contributed by atoms with van der Waals surface area (Å²) < 4.78 is 0. The Kier molecular flexibility index (Phi) is 4.65. The van der Waals surface area contributed by atoms with Gasteiger partial charge >= 0.3 is 5.97 Å². The Morgan fingerprint density at radius 2 is 2.31 bits per heavy atom. The lowest BCUT2D eigenvalue weighted by Gasteiger charge is -1.98. The Morgan fingerprint density at radius 1 is 1.56 bits per heavy atom. The lowest BCUT2D eigenvalue weighted by Crippen LogP contribution is -2.23. The molecule has 0 aromatic carbocycles. The van der Waals surface area contributed by atoms with Crippen molar-refractivity contribution in [3.63, 3.8) is 0 Å². The van der Waals surface area contributed by atoms with Crippen LogP contribution >= 0.6 is 11.3 Å². The normalized spacial score (nSPS) is 10.6. The van der Waals surface area contributed by atoms with E-state index in [9.17, 15) is 9.59 Å². The third-order valence-electron chi connectivity index (χ3n) is 1.72. The van der Waals surface area contributed by atoms with Gasteiger partial charge in [0.25, 0.3) is 0 Å². The largest absolute Gasteiger partial charge is 0.478 e. The Morgan fingerprint density at radius 3 is 2.88 bits per heavy atom. The lowest BCUT2D eigenvalue weighted by molar-refractivity contribution is -0.131. The van der Waals surface area contributed by atoms with Gasteiger partial charge in [-0.2, -0.15) is 0 Å². The first kappa shape index (κ1) is 12.4. The topological polar surface area (TPSA) is 79.3 Å². The van der Waals surface area contributed by atoms with Crippen molar-refractivity contribution in [3.05, 3.63) is 28.2 Å². The molecule has 6 heteroatoms. The smallest absolute Gasteiger partial charge is 0.328 e. The molecule has 0 aliphatic carbocycles. The maximum Gasteiger partial charge on any atom is 0.328 e. The fourth-order valence-corrected chi connectivity index (χ4v) is 1.69. The molecule has 0 atom stereocenters. The van der Waals surface area contributed by atoms with Crippen LogP contribution in [0.5, 0.6) is 0 Å². The molecular weight excluding hydrogens is 228 g/mol. The first-order valence-corrected chi connectivity index (χ1v) is 5.56. The summed E-state index contributed by atoms with van der Waals surface area (Å²) in [5.74, 6) is -1.54. The first-order valence-electron chi connectivity index (χ1n) is 4.68. The van der Waals surface area contributed by atoms with Gasteiger partial charge in [-0.05, 0) is 6.92 Å². The molecular formula is C10H12N2O3S. The molecule has 0 unspecified atom stereocenters. The Labute approximate surface area is 96.8 Å².